The number of hydrogen-bond acceptors (Lipinski definition) is 4. The number of rotatable bonds is 8. The van der Waals surface area contributed by atoms with Crippen LogP contribution in [0.15, 0.2) is 35.7 Å². The number of amides is 1. The predicted octanol–water partition coefficient (Wildman–Crippen LogP) is 3.81. The van der Waals surface area contributed by atoms with Crippen LogP contribution in [0.4, 0.5) is 5.69 Å². The van der Waals surface area contributed by atoms with Gasteiger partial charge in [0, 0.05) is 6.42 Å². The number of carboxylic acid groups (broad SMARTS) is 1. The average molecular weight is 333 g/mol. The SMILES string of the molecule is CCCOc1ccc(CCC(=O)O)cc1NC(=O)c1cccs1. The summed E-state index contributed by atoms with van der Waals surface area (Å²) in [6.07, 6.45) is 1.32. The fourth-order valence-electron chi connectivity index (χ4n) is 2.01. The second-order valence-corrected chi connectivity index (χ2v) is 5.95. The fourth-order valence-corrected chi connectivity index (χ4v) is 2.63. The van der Waals surface area contributed by atoms with E-state index in [1.54, 1.807) is 18.2 Å². The molecule has 23 heavy (non-hydrogen) atoms. The molecule has 1 amide bonds. The van der Waals surface area contributed by atoms with Gasteiger partial charge in [-0.15, -0.1) is 11.3 Å². The Balaban J connectivity index is 2.18. The Bertz CT molecular complexity index is 667. The number of hydrogen-bond donors (Lipinski definition) is 2. The van der Waals surface area contributed by atoms with E-state index in [2.05, 4.69) is 5.32 Å². The van der Waals surface area contributed by atoms with Gasteiger partial charge in [-0.1, -0.05) is 19.1 Å². The zero-order valence-electron chi connectivity index (χ0n) is 12.9. The molecule has 2 N–H and O–H groups in total. The maximum atomic E-state index is 12.2. The molecule has 0 fully saturated rings. The summed E-state index contributed by atoms with van der Waals surface area (Å²) in [7, 11) is 0. The number of anilines is 1. The Morgan fingerprint density at radius 2 is 2.13 bits per heavy atom. The first-order valence-electron chi connectivity index (χ1n) is 7.42. The van der Waals surface area contributed by atoms with Gasteiger partial charge in [0.15, 0.2) is 0 Å². The van der Waals surface area contributed by atoms with Gasteiger partial charge in [0.25, 0.3) is 5.91 Å². The molecule has 0 bridgehead atoms. The second kappa shape index (κ2) is 8.33. The van der Waals surface area contributed by atoms with E-state index in [-0.39, 0.29) is 12.3 Å². The molecule has 1 aromatic carbocycles. The zero-order valence-corrected chi connectivity index (χ0v) is 13.7. The van der Waals surface area contributed by atoms with Crippen molar-refractivity contribution >= 4 is 28.9 Å². The predicted molar refractivity (Wildman–Crippen MR) is 90.5 cm³/mol. The molecule has 1 heterocycles. The molecule has 0 unspecified atom stereocenters. The average Bonchev–Trinajstić information content (AvgIpc) is 3.06. The summed E-state index contributed by atoms with van der Waals surface area (Å²) in [4.78, 5) is 23.5. The number of ether oxygens (including phenoxy) is 1. The highest BCUT2D eigenvalue weighted by Crippen LogP contribution is 2.27. The van der Waals surface area contributed by atoms with Gasteiger partial charge in [0.2, 0.25) is 0 Å². The van der Waals surface area contributed by atoms with Crippen LogP contribution < -0.4 is 10.1 Å². The summed E-state index contributed by atoms with van der Waals surface area (Å²) in [5.74, 6) is -0.451. The van der Waals surface area contributed by atoms with E-state index in [4.69, 9.17) is 9.84 Å². The monoisotopic (exact) mass is 333 g/mol. The fraction of sp³-hybridized carbons (Fsp3) is 0.294. The first kappa shape index (κ1) is 17.0. The molecule has 0 aliphatic heterocycles. The van der Waals surface area contributed by atoms with Gasteiger partial charge < -0.3 is 15.2 Å². The summed E-state index contributed by atoms with van der Waals surface area (Å²) in [6, 6.07) is 8.95. The van der Waals surface area contributed by atoms with Crippen molar-refractivity contribution in [3.63, 3.8) is 0 Å². The normalized spacial score (nSPS) is 10.3. The third-order valence-corrected chi connectivity index (χ3v) is 4.00. The van der Waals surface area contributed by atoms with Gasteiger partial charge >= 0.3 is 5.97 Å². The van der Waals surface area contributed by atoms with E-state index in [1.165, 1.54) is 11.3 Å². The minimum Gasteiger partial charge on any atom is -0.491 e. The summed E-state index contributed by atoms with van der Waals surface area (Å²) in [6.45, 7) is 2.56. The van der Waals surface area contributed by atoms with Crippen molar-refractivity contribution in [2.75, 3.05) is 11.9 Å². The van der Waals surface area contributed by atoms with Crippen LogP contribution in [-0.4, -0.2) is 23.6 Å². The van der Waals surface area contributed by atoms with Gasteiger partial charge in [-0.25, -0.2) is 0 Å². The Labute approximate surface area is 138 Å². The molecular formula is C17H19NO4S. The highest BCUT2D eigenvalue weighted by Gasteiger charge is 2.12. The molecule has 0 atom stereocenters. The maximum absolute atomic E-state index is 12.2. The molecular weight excluding hydrogens is 314 g/mol. The second-order valence-electron chi connectivity index (χ2n) is 5.00. The lowest BCUT2D eigenvalue weighted by Crippen LogP contribution is -2.12. The lowest BCUT2D eigenvalue weighted by Gasteiger charge is -2.13. The van der Waals surface area contributed by atoms with E-state index < -0.39 is 5.97 Å². The third-order valence-electron chi connectivity index (χ3n) is 3.13. The van der Waals surface area contributed by atoms with Crippen molar-refractivity contribution in [2.45, 2.75) is 26.2 Å². The smallest absolute Gasteiger partial charge is 0.303 e. The number of carboxylic acids is 1. The first-order chi connectivity index (χ1) is 11.1. The highest BCUT2D eigenvalue weighted by atomic mass is 32.1. The van der Waals surface area contributed by atoms with Crippen LogP contribution in [0.25, 0.3) is 0 Å². The summed E-state index contributed by atoms with van der Waals surface area (Å²) >= 11 is 1.36. The first-order valence-corrected chi connectivity index (χ1v) is 8.30. The molecule has 0 saturated carbocycles. The Morgan fingerprint density at radius 1 is 1.30 bits per heavy atom. The van der Waals surface area contributed by atoms with Gasteiger partial charge in [-0.2, -0.15) is 0 Å². The van der Waals surface area contributed by atoms with Crippen molar-refractivity contribution in [1.82, 2.24) is 0 Å². The number of aryl methyl sites for hydroxylation is 1. The van der Waals surface area contributed by atoms with Crippen molar-refractivity contribution in [3.05, 3.63) is 46.2 Å². The molecule has 1 aromatic heterocycles. The number of carbonyl (C=O) groups is 2. The lowest BCUT2D eigenvalue weighted by molar-refractivity contribution is -0.136. The molecule has 0 radical (unpaired) electrons. The van der Waals surface area contributed by atoms with Crippen LogP contribution in [0.2, 0.25) is 0 Å². The molecule has 0 aliphatic carbocycles. The van der Waals surface area contributed by atoms with Gasteiger partial charge in [-0.3, -0.25) is 9.59 Å². The molecule has 6 heteroatoms. The van der Waals surface area contributed by atoms with Crippen molar-refractivity contribution in [3.8, 4) is 5.75 Å². The molecule has 0 saturated heterocycles. The van der Waals surface area contributed by atoms with E-state index in [0.717, 1.165) is 12.0 Å². The number of aliphatic carboxylic acids is 1. The largest absolute Gasteiger partial charge is 0.491 e. The lowest BCUT2D eigenvalue weighted by atomic mass is 10.1. The van der Waals surface area contributed by atoms with Crippen molar-refractivity contribution in [1.29, 1.82) is 0 Å². The minimum absolute atomic E-state index is 0.0491. The topological polar surface area (TPSA) is 75.6 Å². The van der Waals surface area contributed by atoms with Crippen LogP contribution >= 0.6 is 11.3 Å². The number of carbonyl (C=O) groups excluding carboxylic acids is 1. The maximum Gasteiger partial charge on any atom is 0.303 e. The molecule has 2 rings (SSSR count). The standard InChI is InChI=1S/C17H19NO4S/c1-2-9-22-14-7-5-12(6-8-16(19)20)11-13(14)18-17(21)15-4-3-10-23-15/h3-5,7,10-11H,2,6,8-9H2,1H3,(H,18,21)(H,19,20). The zero-order chi connectivity index (χ0) is 16.7. The van der Waals surface area contributed by atoms with Crippen molar-refractivity contribution < 1.29 is 19.4 Å². The van der Waals surface area contributed by atoms with Crippen LogP contribution in [0.3, 0.4) is 0 Å². The van der Waals surface area contributed by atoms with Gasteiger partial charge in [0.1, 0.15) is 5.75 Å². The number of nitrogens with one attached hydrogen (secondary N) is 1. The van der Waals surface area contributed by atoms with E-state index in [1.807, 2.05) is 24.4 Å². The molecule has 2 aromatic rings. The van der Waals surface area contributed by atoms with Gasteiger partial charge in [0.05, 0.1) is 17.2 Å². The Kier molecular flexibility index (Phi) is 6.17. The highest BCUT2D eigenvalue weighted by molar-refractivity contribution is 7.12. The van der Waals surface area contributed by atoms with E-state index in [9.17, 15) is 9.59 Å². The molecule has 0 aliphatic rings. The molecule has 0 spiro atoms. The van der Waals surface area contributed by atoms with Gasteiger partial charge in [-0.05, 0) is 42.0 Å². The Morgan fingerprint density at radius 3 is 2.78 bits per heavy atom. The summed E-state index contributed by atoms with van der Waals surface area (Å²) in [5.41, 5.74) is 1.41. The van der Waals surface area contributed by atoms with Crippen LogP contribution in [-0.2, 0) is 11.2 Å². The quantitative estimate of drug-likeness (QED) is 0.770. The number of benzene rings is 1. The van der Waals surface area contributed by atoms with Crippen molar-refractivity contribution in [2.24, 2.45) is 0 Å². The molecule has 122 valence electrons. The van der Waals surface area contributed by atoms with E-state index >= 15 is 0 Å². The van der Waals surface area contributed by atoms with E-state index in [0.29, 0.717) is 29.3 Å². The minimum atomic E-state index is -0.847. The Hall–Kier alpha value is -2.34. The van der Waals surface area contributed by atoms with Crippen LogP contribution in [0.5, 0.6) is 5.75 Å². The molecule has 5 nitrogen and oxygen atoms in total. The van der Waals surface area contributed by atoms with Crippen LogP contribution in [0, 0.1) is 0 Å². The van der Waals surface area contributed by atoms with Crippen LogP contribution in [0.1, 0.15) is 35.0 Å². The third kappa shape index (κ3) is 5.10. The number of thiophene rings is 1. The summed E-state index contributed by atoms with van der Waals surface area (Å²) in [5, 5.41) is 13.5. The summed E-state index contributed by atoms with van der Waals surface area (Å²) < 4.78 is 5.66.